The van der Waals surface area contributed by atoms with Crippen molar-refractivity contribution in [1.82, 2.24) is 0 Å². The fourth-order valence-electron chi connectivity index (χ4n) is 2.38. The van der Waals surface area contributed by atoms with Crippen LogP contribution in [0, 0.1) is 6.92 Å². The molecular formula is C20H18ClNO3S. The predicted molar refractivity (Wildman–Crippen MR) is 106 cm³/mol. The summed E-state index contributed by atoms with van der Waals surface area (Å²) in [7, 11) is 1.55. The van der Waals surface area contributed by atoms with Gasteiger partial charge in [0.1, 0.15) is 18.1 Å². The normalized spacial score (nSPS) is 10.4. The lowest BCUT2D eigenvalue weighted by molar-refractivity contribution is 0.103. The van der Waals surface area contributed by atoms with Gasteiger partial charge in [-0.3, -0.25) is 4.79 Å². The highest BCUT2D eigenvalue weighted by atomic mass is 35.5. The highest BCUT2D eigenvalue weighted by Crippen LogP contribution is 2.28. The van der Waals surface area contributed by atoms with Gasteiger partial charge in [0.25, 0.3) is 5.91 Å². The van der Waals surface area contributed by atoms with Gasteiger partial charge in [-0.2, -0.15) is 0 Å². The van der Waals surface area contributed by atoms with Crippen molar-refractivity contribution in [3.8, 4) is 11.5 Å². The minimum Gasteiger partial charge on any atom is -0.495 e. The molecule has 1 amide bonds. The summed E-state index contributed by atoms with van der Waals surface area (Å²) in [5, 5.41) is 5.21. The third kappa shape index (κ3) is 4.56. The molecule has 0 fully saturated rings. The Kier molecular flexibility index (Phi) is 5.81. The van der Waals surface area contributed by atoms with Gasteiger partial charge in [-0.15, -0.1) is 11.3 Å². The SMILES string of the molecule is COc1ccc(NC(=O)c2cc(COc3cccc(C)c3)cs2)cc1Cl. The first-order chi connectivity index (χ1) is 12.5. The first kappa shape index (κ1) is 18.3. The van der Waals surface area contributed by atoms with Gasteiger partial charge in [0, 0.05) is 11.3 Å². The number of anilines is 1. The van der Waals surface area contributed by atoms with Crippen molar-refractivity contribution in [2.24, 2.45) is 0 Å². The molecule has 0 spiro atoms. The van der Waals surface area contributed by atoms with Crippen LogP contribution in [0.4, 0.5) is 5.69 Å². The highest BCUT2D eigenvalue weighted by Gasteiger charge is 2.11. The molecule has 0 atom stereocenters. The van der Waals surface area contributed by atoms with E-state index in [0.717, 1.165) is 16.9 Å². The van der Waals surface area contributed by atoms with E-state index in [-0.39, 0.29) is 5.91 Å². The largest absolute Gasteiger partial charge is 0.495 e. The van der Waals surface area contributed by atoms with Crippen LogP contribution < -0.4 is 14.8 Å². The van der Waals surface area contributed by atoms with E-state index in [2.05, 4.69) is 5.32 Å². The van der Waals surface area contributed by atoms with E-state index < -0.39 is 0 Å². The second-order valence-electron chi connectivity index (χ2n) is 5.73. The van der Waals surface area contributed by atoms with Crippen LogP contribution >= 0.6 is 22.9 Å². The third-order valence-corrected chi connectivity index (χ3v) is 4.96. The lowest BCUT2D eigenvalue weighted by atomic mass is 10.2. The lowest BCUT2D eigenvalue weighted by Crippen LogP contribution is -2.10. The van der Waals surface area contributed by atoms with E-state index in [1.165, 1.54) is 11.3 Å². The molecular weight excluding hydrogens is 370 g/mol. The van der Waals surface area contributed by atoms with Crippen molar-refractivity contribution in [2.45, 2.75) is 13.5 Å². The molecule has 0 saturated carbocycles. The molecule has 2 aromatic carbocycles. The summed E-state index contributed by atoms with van der Waals surface area (Å²) in [5.41, 5.74) is 2.72. The molecule has 1 N–H and O–H groups in total. The molecule has 26 heavy (non-hydrogen) atoms. The second kappa shape index (κ2) is 8.25. The third-order valence-electron chi connectivity index (χ3n) is 3.68. The number of carbonyl (C=O) groups is 1. The summed E-state index contributed by atoms with van der Waals surface area (Å²) in [4.78, 5) is 13.0. The number of rotatable bonds is 6. The quantitative estimate of drug-likeness (QED) is 0.603. The van der Waals surface area contributed by atoms with Crippen molar-refractivity contribution >= 4 is 34.5 Å². The van der Waals surface area contributed by atoms with Gasteiger partial charge in [0.05, 0.1) is 17.0 Å². The maximum absolute atomic E-state index is 12.4. The Morgan fingerprint density at radius 1 is 1.19 bits per heavy atom. The number of hydrogen-bond acceptors (Lipinski definition) is 4. The smallest absolute Gasteiger partial charge is 0.265 e. The summed E-state index contributed by atoms with van der Waals surface area (Å²) < 4.78 is 10.9. The number of thiophene rings is 1. The van der Waals surface area contributed by atoms with E-state index in [9.17, 15) is 4.79 Å². The summed E-state index contributed by atoms with van der Waals surface area (Å²) in [5.74, 6) is 1.20. The zero-order valence-corrected chi connectivity index (χ0v) is 16.0. The van der Waals surface area contributed by atoms with Crippen LogP contribution in [0.3, 0.4) is 0 Å². The molecule has 0 bridgehead atoms. The average molecular weight is 388 g/mol. The first-order valence-electron chi connectivity index (χ1n) is 7.97. The fourth-order valence-corrected chi connectivity index (χ4v) is 3.43. The maximum atomic E-state index is 12.4. The van der Waals surface area contributed by atoms with Gasteiger partial charge < -0.3 is 14.8 Å². The zero-order chi connectivity index (χ0) is 18.5. The van der Waals surface area contributed by atoms with Gasteiger partial charge in [-0.1, -0.05) is 23.7 Å². The molecule has 6 heteroatoms. The molecule has 0 aliphatic heterocycles. The van der Waals surface area contributed by atoms with Crippen LogP contribution in [-0.2, 0) is 6.61 Å². The number of carbonyl (C=O) groups excluding carboxylic acids is 1. The fraction of sp³-hybridized carbons (Fsp3) is 0.150. The van der Waals surface area contributed by atoms with Crippen LogP contribution in [0.1, 0.15) is 20.8 Å². The predicted octanol–water partition coefficient (Wildman–Crippen LogP) is 5.55. The highest BCUT2D eigenvalue weighted by molar-refractivity contribution is 7.12. The molecule has 0 aliphatic rings. The Labute approximate surface area is 161 Å². The number of ether oxygens (including phenoxy) is 2. The summed E-state index contributed by atoms with van der Waals surface area (Å²) >= 11 is 7.46. The Hall–Kier alpha value is -2.50. The lowest BCUT2D eigenvalue weighted by Gasteiger charge is -2.07. The van der Waals surface area contributed by atoms with Crippen LogP contribution in [0.15, 0.2) is 53.9 Å². The van der Waals surface area contributed by atoms with Crippen molar-refractivity contribution in [3.05, 3.63) is 74.9 Å². The minimum atomic E-state index is -0.182. The minimum absolute atomic E-state index is 0.182. The standard InChI is InChI=1S/C20H18ClNO3S/c1-13-4-3-5-16(8-13)25-11-14-9-19(26-12-14)20(23)22-15-6-7-18(24-2)17(21)10-15/h3-10,12H,11H2,1-2H3,(H,22,23). The number of hydrogen-bond donors (Lipinski definition) is 1. The van der Waals surface area contributed by atoms with Crippen LogP contribution in [0.2, 0.25) is 5.02 Å². The van der Waals surface area contributed by atoms with Gasteiger partial charge in [-0.05, 0) is 54.3 Å². The van der Waals surface area contributed by atoms with E-state index in [1.54, 1.807) is 25.3 Å². The molecule has 4 nitrogen and oxygen atoms in total. The van der Waals surface area contributed by atoms with Crippen LogP contribution in [0.25, 0.3) is 0 Å². The Morgan fingerprint density at radius 3 is 2.77 bits per heavy atom. The monoisotopic (exact) mass is 387 g/mol. The van der Waals surface area contributed by atoms with E-state index in [4.69, 9.17) is 21.1 Å². The second-order valence-corrected chi connectivity index (χ2v) is 7.05. The van der Waals surface area contributed by atoms with Crippen LogP contribution in [0.5, 0.6) is 11.5 Å². The Bertz CT molecular complexity index is 923. The average Bonchev–Trinajstić information content (AvgIpc) is 3.09. The number of halogens is 1. The number of amides is 1. The molecule has 3 rings (SSSR count). The van der Waals surface area contributed by atoms with E-state index in [0.29, 0.717) is 27.9 Å². The number of aryl methyl sites for hydroxylation is 1. The Morgan fingerprint density at radius 2 is 2.04 bits per heavy atom. The topological polar surface area (TPSA) is 47.6 Å². The van der Waals surface area contributed by atoms with E-state index >= 15 is 0 Å². The van der Waals surface area contributed by atoms with Crippen molar-refractivity contribution < 1.29 is 14.3 Å². The molecule has 1 aromatic heterocycles. The molecule has 0 aliphatic carbocycles. The number of nitrogens with one attached hydrogen (secondary N) is 1. The molecule has 0 radical (unpaired) electrons. The van der Waals surface area contributed by atoms with Crippen LogP contribution in [-0.4, -0.2) is 13.0 Å². The van der Waals surface area contributed by atoms with Gasteiger partial charge in [0.2, 0.25) is 0 Å². The number of benzene rings is 2. The molecule has 134 valence electrons. The zero-order valence-electron chi connectivity index (χ0n) is 14.4. The summed E-state index contributed by atoms with van der Waals surface area (Å²) in [6.45, 7) is 2.44. The Balaban J connectivity index is 1.61. The van der Waals surface area contributed by atoms with Crippen molar-refractivity contribution in [3.63, 3.8) is 0 Å². The van der Waals surface area contributed by atoms with Gasteiger partial charge >= 0.3 is 0 Å². The maximum Gasteiger partial charge on any atom is 0.265 e. The molecule has 3 aromatic rings. The van der Waals surface area contributed by atoms with E-state index in [1.807, 2.05) is 42.6 Å². The van der Waals surface area contributed by atoms with Gasteiger partial charge in [0.15, 0.2) is 0 Å². The first-order valence-corrected chi connectivity index (χ1v) is 9.22. The molecule has 1 heterocycles. The molecule has 0 unspecified atom stereocenters. The summed E-state index contributed by atoms with van der Waals surface area (Å²) in [6.07, 6.45) is 0. The van der Waals surface area contributed by atoms with Gasteiger partial charge in [-0.25, -0.2) is 0 Å². The van der Waals surface area contributed by atoms with Crippen molar-refractivity contribution in [2.75, 3.05) is 12.4 Å². The summed E-state index contributed by atoms with van der Waals surface area (Å²) in [6, 6.07) is 14.8. The van der Waals surface area contributed by atoms with Crippen molar-refractivity contribution in [1.29, 1.82) is 0 Å². The molecule has 0 saturated heterocycles. The number of methoxy groups -OCH3 is 1.